The molecule has 0 atom stereocenters. The van der Waals surface area contributed by atoms with Crippen molar-refractivity contribution in [3.63, 3.8) is 0 Å². The third-order valence-corrected chi connectivity index (χ3v) is 5.13. The lowest BCUT2D eigenvalue weighted by atomic mass is 10.1. The van der Waals surface area contributed by atoms with E-state index in [9.17, 15) is 22.8 Å². The van der Waals surface area contributed by atoms with Crippen LogP contribution in [-0.2, 0) is 15.7 Å². The van der Waals surface area contributed by atoms with Crippen molar-refractivity contribution in [2.24, 2.45) is 5.10 Å². The molecule has 0 saturated carbocycles. The summed E-state index contributed by atoms with van der Waals surface area (Å²) in [6.45, 7) is 3.23. The van der Waals surface area contributed by atoms with Crippen LogP contribution in [0.3, 0.4) is 0 Å². The quantitative estimate of drug-likeness (QED) is 0.250. The normalized spacial score (nSPS) is 11.8. The standard InChI is InChI=1S/C27H22F3N3O4/c1-17(2)37-24(34)16-36-21-12-10-18(11-13-21)15-31-33-25(19-6-5-7-20(14-19)27(28,29)30)32-23-9-4-3-8-22(23)26(33)35/h3-15,17H,16H2,1-2H3. The van der Waals surface area contributed by atoms with Crippen LogP contribution in [0, 0.1) is 0 Å². The molecule has 4 aromatic rings. The van der Waals surface area contributed by atoms with Gasteiger partial charge in [-0.25, -0.2) is 9.78 Å². The Morgan fingerprint density at radius 3 is 2.49 bits per heavy atom. The van der Waals surface area contributed by atoms with Crippen LogP contribution < -0.4 is 10.3 Å². The fraction of sp³-hybridized carbons (Fsp3) is 0.185. The zero-order chi connectivity index (χ0) is 26.6. The molecule has 0 saturated heterocycles. The second-order valence-corrected chi connectivity index (χ2v) is 8.29. The van der Waals surface area contributed by atoms with Gasteiger partial charge in [0.1, 0.15) is 5.75 Å². The lowest BCUT2D eigenvalue weighted by Crippen LogP contribution is -2.20. The molecule has 1 aromatic heterocycles. The molecule has 0 spiro atoms. The number of halogens is 3. The maximum absolute atomic E-state index is 13.3. The van der Waals surface area contributed by atoms with Crippen molar-refractivity contribution in [3.8, 4) is 17.1 Å². The number of rotatable bonds is 7. The van der Waals surface area contributed by atoms with Crippen LogP contribution in [0.15, 0.2) is 82.7 Å². The number of carbonyl (C=O) groups is 1. The average Bonchev–Trinajstić information content (AvgIpc) is 2.86. The van der Waals surface area contributed by atoms with Gasteiger partial charge in [0.15, 0.2) is 12.4 Å². The predicted octanol–water partition coefficient (Wildman–Crippen LogP) is 5.29. The van der Waals surface area contributed by atoms with E-state index in [1.54, 1.807) is 62.4 Å². The molecule has 0 bridgehead atoms. The highest BCUT2D eigenvalue weighted by atomic mass is 19.4. The van der Waals surface area contributed by atoms with Crippen LogP contribution in [0.4, 0.5) is 13.2 Å². The Bertz CT molecular complexity index is 1510. The Morgan fingerprint density at radius 2 is 1.78 bits per heavy atom. The first kappa shape index (κ1) is 25.6. The summed E-state index contributed by atoms with van der Waals surface area (Å²) in [5, 5.41) is 4.52. The third-order valence-electron chi connectivity index (χ3n) is 5.13. The molecular formula is C27H22F3N3O4. The van der Waals surface area contributed by atoms with E-state index in [1.807, 2.05) is 0 Å². The fourth-order valence-corrected chi connectivity index (χ4v) is 3.47. The molecule has 3 aromatic carbocycles. The van der Waals surface area contributed by atoms with Crippen molar-refractivity contribution >= 4 is 23.1 Å². The number of ether oxygens (including phenoxy) is 2. The molecule has 1 heterocycles. The maximum Gasteiger partial charge on any atom is 0.416 e. The molecule has 0 unspecified atom stereocenters. The maximum atomic E-state index is 13.3. The minimum Gasteiger partial charge on any atom is -0.482 e. The van der Waals surface area contributed by atoms with E-state index in [0.717, 1.165) is 16.8 Å². The van der Waals surface area contributed by atoms with Crippen molar-refractivity contribution in [2.45, 2.75) is 26.1 Å². The minimum absolute atomic E-state index is 0.0327. The van der Waals surface area contributed by atoms with Crippen LogP contribution in [-0.4, -0.2) is 34.6 Å². The van der Waals surface area contributed by atoms with Gasteiger partial charge < -0.3 is 9.47 Å². The second kappa shape index (κ2) is 10.7. The van der Waals surface area contributed by atoms with Gasteiger partial charge in [-0.3, -0.25) is 4.79 Å². The molecular weight excluding hydrogens is 487 g/mol. The number of aromatic nitrogens is 2. The number of hydrogen-bond acceptors (Lipinski definition) is 6. The van der Waals surface area contributed by atoms with Gasteiger partial charge in [0, 0.05) is 5.56 Å². The van der Waals surface area contributed by atoms with Crippen LogP contribution >= 0.6 is 0 Å². The topological polar surface area (TPSA) is 82.8 Å². The number of para-hydroxylation sites is 1. The molecule has 0 N–H and O–H groups in total. The van der Waals surface area contributed by atoms with Gasteiger partial charge in [0.05, 0.1) is 28.8 Å². The van der Waals surface area contributed by atoms with Gasteiger partial charge in [-0.2, -0.15) is 22.9 Å². The summed E-state index contributed by atoms with van der Waals surface area (Å²) in [6, 6.07) is 17.6. The Kier molecular flexibility index (Phi) is 7.37. The van der Waals surface area contributed by atoms with Crippen molar-refractivity contribution < 1.29 is 27.4 Å². The summed E-state index contributed by atoms with van der Waals surface area (Å²) in [5.41, 5.74) is -0.392. The summed E-state index contributed by atoms with van der Waals surface area (Å²) in [6.07, 6.45) is -3.42. The molecule has 0 aliphatic carbocycles. The smallest absolute Gasteiger partial charge is 0.416 e. The Morgan fingerprint density at radius 1 is 1.05 bits per heavy atom. The highest BCUT2D eigenvalue weighted by molar-refractivity contribution is 5.82. The summed E-state index contributed by atoms with van der Waals surface area (Å²) in [7, 11) is 0. The van der Waals surface area contributed by atoms with E-state index in [2.05, 4.69) is 10.1 Å². The first-order valence-corrected chi connectivity index (χ1v) is 11.3. The monoisotopic (exact) mass is 509 g/mol. The van der Waals surface area contributed by atoms with E-state index in [4.69, 9.17) is 9.47 Å². The number of benzene rings is 3. The molecule has 0 aliphatic rings. The zero-order valence-corrected chi connectivity index (χ0v) is 19.9. The number of hydrogen-bond donors (Lipinski definition) is 0. The minimum atomic E-state index is -4.56. The van der Waals surface area contributed by atoms with Crippen LogP contribution in [0.1, 0.15) is 25.0 Å². The average molecular weight is 509 g/mol. The first-order valence-electron chi connectivity index (χ1n) is 11.3. The number of carbonyl (C=O) groups excluding carboxylic acids is 1. The number of alkyl halides is 3. The van der Waals surface area contributed by atoms with Gasteiger partial charge in [-0.1, -0.05) is 24.3 Å². The fourth-order valence-electron chi connectivity index (χ4n) is 3.47. The van der Waals surface area contributed by atoms with Gasteiger partial charge >= 0.3 is 12.1 Å². The molecule has 0 fully saturated rings. The Labute approximate surface area is 209 Å². The molecule has 4 rings (SSSR count). The first-order chi connectivity index (χ1) is 17.6. The summed E-state index contributed by atoms with van der Waals surface area (Å²) < 4.78 is 51.3. The SMILES string of the molecule is CC(C)OC(=O)COc1ccc(C=Nn2c(-c3cccc(C(F)(F)F)c3)nc3ccccc3c2=O)cc1. The molecule has 10 heteroatoms. The van der Waals surface area contributed by atoms with Crippen molar-refractivity contribution in [3.05, 3.63) is 94.3 Å². The van der Waals surface area contributed by atoms with Crippen molar-refractivity contribution in [1.82, 2.24) is 9.66 Å². The van der Waals surface area contributed by atoms with E-state index >= 15 is 0 Å². The summed E-state index contributed by atoms with van der Waals surface area (Å²) in [4.78, 5) is 29.3. The van der Waals surface area contributed by atoms with E-state index in [1.165, 1.54) is 18.3 Å². The van der Waals surface area contributed by atoms with Gasteiger partial charge in [-0.15, -0.1) is 0 Å². The Balaban J connectivity index is 1.67. The summed E-state index contributed by atoms with van der Waals surface area (Å²) in [5.74, 6) is -0.104. The van der Waals surface area contributed by atoms with Crippen LogP contribution in [0.5, 0.6) is 5.75 Å². The van der Waals surface area contributed by atoms with Crippen molar-refractivity contribution in [2.75, 3.05) is 6.61 Å². The Hall–Kier alpha value is -4.47. The van der Waals surface area contributed by atoms with Crippen molar-refractivity contribution in [1.29, 1.82) is 0 Å². The third kappa shape index (κ3) is 6.21. The van der Waals surface area contributed by atoms with Gasteiger partial charge in [-0.05, 0) is 67.9 Å². The second-order valence-electron chi connectivity index (χ2n) is 8.29. The van der Waals surface area contributed by atoms with Gasteiger partial charge in [0.2, 0.25) is 0 Å². The molecule has 0 aliphatic heterocycles. The molecule has 190 valence electrons. The number of nitrogens with zero attached hydrogens (tertiary/aromatic N) is 3. The molecule has 0 radical (unpaired) electrons. The lowest BCUT2D eigenvalue weighted by Gasteiger charge is -2.12. The highest BCUT2D eigenvalue weighted by Gasteiger charge is 2.31. The zero-order valence-electron chi connectivity index (χ0n) is 19.9. The molecule has 7 nitrogen and oxygen atoms in total. The summed E-state index contributed by atoms with van der Waals surface area (Å²) >= 11 is 0. The molecule has 0 amide bonds. The largest absolute Gasteiger partial charge is 0.482 e. The highest BCUT2D eigenvalue weighted by Crippen LogP contribution is 2.31. The van der Waals surface area contributed by atoms with Crippen LogP contribution in [0.2, 0.25) is 0 Å². The van der Waals surface area contributed by atoms with Gasteiger partial charge in [0.25, 0.3) is 5.56 Å². The number of fused-ring (bicyclic) bond motifs is 1. The van der Waals surface area contributed by atoms with Crippen LogP contribution in [0.25, 0.3) is 22.3 Å². The molecule has 37 heavy (non-hydrogen) atoms. The van der Waals surface area contributed by atoms with E-state index in [0.29, 0.717) is 16.8 Å². The van der Waals surface area contributed by atoms with E-state index in [-0.39, 0.29) is 29.5 Å². The lowest BCUT2D eigenvalue weighted by molar-refractivity contribution is -0.149. The predicted molar refractivity (Wildman–Crippen MR) is 133 cm³/mol. The number of esters is 1. The van der Waals surface area contributed by atoms with E-state index < -0.39 is 23.3 Å².